The van der Waals surface area contributed by atoms with Gasteiger partial charge in [-0.1, -0.05) is 218 Å². The first-order valence-corrected chi connectivity index (χ1v) is 25.0. The summed E-state index contributed by atoms with van der Waals surface area (Å²) in [6.07, 6.45) is 0. The van der Waals surface area contributed by atoms with Crippen LogP contribution < -0.4 is 9.80 Å². The summed E-state index contributed by atoms with van der Waals surface area (Å²) in [5.41, 5.74) is 15.3. The van der Waals surface area contributed by atoms with Gasteiger partial charge >= 0.3 is 0 Å². The van der Waals surface area contributed by atoms with Crippen molar-refractivity contribution < 1.29 is 4.42 Å². The summed E-state index contributed by atoms with van der Waals surface area (Å²) < 4.78 is 6.84. The highest BCUT2D eigenvalue weighted by molar-refractivity contribution is 6.28. The van der Waals surface area contributed by atoms with Crippen LogP contribution in [0.15, 0.2) is 283 Å². The quantitative estimate of drug-likeness (QED) is 0.135. The van der Waals surface area contributed by atoms with Gasteiger partial charge in [-0.2, -0.15) is 0 Å². The zero-order chi connectivity index (χ0) is 48.2. The lowest BCUT2D eigenvalue weighted by molar-refractivity contribution is 0.669. The molecule has 0 aliphatic rings. The van der Waals surface area contributed by atoms with Gasteiger partial charge in [-0.15, -0.1) is 0 Å². The van der Waals surface area contributed by atoms with Crippen LogP contribution in [0.4, 0.5) is 34.1 Å². The number of hydrogen-bond acceptors (Lipinski definition) is 3. The Balaban J connectivity index is 0.948. The largest absolute Gasteiger partial charge is 0.456 e. The molecule has 0 saturated heterocycles. The molecule has 0 aliphatic heterocycles. The van der Waals surface area contributed by atoms with E-state index < -0.39 is 0 Å². The summed E-state index contributed by atoms with van der Waals surface area (Å²) in [4.78, 5) is 4.82. The van der Waals surface area contributed by atoms with Crippen molar-refractivity contribution in [2.24, 2.45) is 0 Å². The molecule has 3 heteroatoms. The molecule has 342 valence electrons. The molecule has 14 aromatic rings. The van der Waals surface area contributed by atoms with Crippen LogP contribution in [-0.2, 0) is 0 Å². The average Bonchev–Trinajstić information content (AvgIpc) is 3.86. The average molecular weight is 931 g/mol. The van der Waals surface area contributed by atoms with E-state index in [1.54, 1.807) is 0 Å². The lowest BCUT2D eigenvalue weighted by Crippen LogP contribution is -2.11. The Labute approximate surface area is 423 Å². The Bertz CT molecular complexity index is 4280. The zero-order valence-electron chi connectivity index (χ0n) is 39.9. The molecular weight excluding hydrogens is 885 g/mol. The second-order valence-electron chi connectivity index (χ2n) is 18.8. The fraction of sp³-hybridized carbons (Fsp3) is 0. The third-order valence-corrected chi connectivity index (χ3v) is 14.6. The summed E-state index contributed by atoms with van der Waals surface area (Å²) in [6.45, 7) is 0. The van der Waals surface area contributed by atoms with Crippen molar-refractivity contribution in [1.82, 2.24) is 0 Å². The first-order chi connectivity index (χ1) is 36.2. The zero-order valence-corrected chi connectivity index (χ0v) is 39.9. The van der Waals surface area contributed by atoms with Gasteiger partial charge in [-0.3, -0.25) is 0 Å². The molecule has 73 heavy (non-hydrogen) atoms. The number of nitrogens with zero attached hydrogens (tertiary/aromatic N) is 2. The van der Waals surface area contributed by atoms with Gasteiger partial charge < -0.3 is 14.2 Å². The van der Waals surface area contributed by atoms with E-state index in [4.69, 9.17) is 4.42 Å². The number of rotatable bonds is 9. The van der Waals surface area contributed by atoms with Crippen LogP contribution in [0.3, 0.4) is 0 Å². The number of hydrogen-bond donors (Lipinski definition) is 0. The standard InChI is InChI=1S/C70H46N2O/c1-4-18-47(19-5-1)49-32-39-54(40-33-49)71(64-46-66-69(59-27-13-12-26-58(59)64)68-57-25-11-10-22-51(57)38-45-65(68)73-66)55-43-36-52(37-44-55)67-60-28-14-16-30-62(60)70(63-31-17-15-29-61(63)67)72(53-23-8-3-9-24-53)56-41-34-50(35-42-56)48-20-6-2-7-21-48/h1-46H. The maximum Gasteiger partial charge on any atom is 0.138 e. The highest BCUT2D eigenvalue weighted by Crippen LogP contribution is 2.50. The second-order valence-corrected chi connectivity index (χ2v) is 18.8. The van der Waals surface area contributed by atoms with Crippen LogP contribution in [0.2, 0.25) is 0 Å². The maximum absolute atomic E-state index is 6.84. The Morgan fingerprint density at radius 2 is 0.644 bits per heavy atom. The molecule has 14 rings (SSSR count). The second kappa shape index (κ2) is 17.6. The van der Waals surface area contributed by atoms with Crippen molar-refractivity contribution in [2.75, 3.05) is 9.80 Å². The summed E-state index contributed by atoms with van der Waals surface area (Å²) >= 11 is 0. The Morgan fingerprint density at radius 1 is 0.247 bits per heavy atom. The van der Waals surface area contributed by atoms with E-state index in [0.717, 1.165) is 72.4 Å². The first-order valence-electron chi connectivity index (χ1n) is 25.0. The fourth-order valence-corrected chi connectivity index (χ4v) is 11.3. The predicted octanol–water partition coefficient (Wildman–Crippen LogP) is 20.1. The van der Waals surface area contributed by atoms with Gasteiger partial charge in [0.2, 0.25) is 0 Å². The number of anilines is 6. The minimum Gasteiger partial charge on any atom is -0.456 e. The SMILES string of the molecule is c1ccc(-c2ccc(N(c3ccccc3)c3c4ccccc4c(-c4ccc(N(c5ccc(-c6ccccc6)cc5)c5cc6oc7ccc8ccccc8c7c6c6ccccc56)cc4)c4ccccc34)cc2)cc1. The monoisotopic (exact) mass is 930 g/mol. The number of fused-ring (bicyclic) bond motifs is 9. The van der Waals surface area contributed by atoms with E-state index in [0.29, 0.717) is 0 Å². The van der Waals surface area contributed by atoms with Crippen molar-refractivity contribution >= 4 is 99.2 Å². The highest BCUT2D eigenvalue weighted by atomic mass is 16.3. The molecule has 3 nitrogen and oxygen atoms in total. The van der Waals surface area contributed by atoms with E-state index in [1.807, 2.05) is 0 Å². The van der Waals surface area contributed by atoms with E-state index in [-0.39, 0.29) is 0 Å². The van der Waals surface area contributed by atoms with Crippen LogP contribution in [0.25, 0.3) is 98.4 Å². The van der Waals surface area contributed by atoms with E-state index in [9.17, 15) is 0 Å². The molecule has 0 unspecified atom stereocenters. The minimum atomic E-state index is 0.859. The Kier molecular flexibility index (Phi) is 10.2. The Hall–Kier alpha value is -9.70. The predicted molar refractivity (Wildman–Crippen MR) is 309 cm³/mol. The molecule has 13 aromatic carbocycles. The van der Waals surface area contributed by atoms with E-state index >= 15 is 0 Å². The first kappa shape index (κ1) is 42.2. The van der Waals surface area contributed by atoms with Gasteiger partial charge in [0.1, 0.15) is 11.2 Å². The fourth-order valence-electron chi connectivity index (χ4n) is 11.3. The summed E-state index contributed by atoms with van der Waals surface area (Å²) in [5.74, 6) is 0. The molecule has 0 amide bonds. The lowest BCUT2D eigenvalue weighted by Gasteiger charge is -2.30. The summed E-state index contributed by atoms with van der Waals surface area (Å²) in [5, 5.41) is 11.7. The van der Waals surface area contributed by atoms with Crippen LogP contribution in [-0.4, -0.2) is 0 Å². The van der Waals surface area contributed by atoms with Crippen molar-refractivity contribution in [3.05, 3.63) is 279 Å². The van der Waals surface area contributed by atoms with Crippen molar-refractivity contribution in [2.45, 2.75) is 0 Å². The molecule has 0 aliphatic carbocycles. The molecule has 0 fully saturated rings. The van der Waals surface area contributed by atoms with Gasteiger partial charge in [-0.05, 0) is 115 Å². The third kappa shape index (κ3) is 7.21. The molecule has 0 spiro atoms. The minimum absolute atomic E-state index is 0.859. The molecule has 0 radical (unpaired) electrons. The molecule has 1 aromatic heterocycles. The van der Waals surface area contributed by atoms with E-state index in [1.165, 1.54) is 60.1 Å². The maximum atomic E-state index is 6.84. The smallest absolute Gasteiger partial charge is 0.138 e. The van der Waals surface area contributed by atoms with Crippen LogP contribution in [0, 0.1) is 0 Å². The van der Waals surface area contributed by atoms with E-state index in [2.05, 4.69) is 289 Å². The molecular formula is C70H46N2O. The normalized spacial score (nSPS) is 11.6. The van der Waals surface area contributed by atoms with Crippen LogP contribution in [0.1, 0.15) is 0 Å². The summed E-state index contributed by atoms with van der Waals surface area (Å²) in [7, 11) is 0. The van der Waals surface area contributed by atoms with Gasteiger partial charge in [-0.25, -0.2) is 0 Å². The third-order valence-electron chi connectivity index (χ3n) is 14.6. The van der Waals surface area contributed by atoms with Crippen molar-refractivity contribution in [1.29, 1.82) is 0 Å². The number of para-hydroxylation sites is 1. The molecule has 0 atom stereocenters. The molecule has 0 saturated carbocycles. The van der Waals surface area contributed by atoms with Gasteiger partial charge in [0, 0.05) is 55.7 Å². The Morgan fingerprint density at radius 3 is 1.21 bits per heavy atom. The van der Waals surface area contributed by atoms with Crippen molar-refractivity contribution in [3.63, 3.8) is 0 Å². The van der Waals surface area contributed by atoms with Crippen molar-refractivity contribution in [3.8, 4) is 33.4 Å². The molecule has 1 heterocycles. The lowest BCUT2D eigenvalue weighted by atomic mass is 9.89. The number of furan rings is 1. The van der Waals surface area contributed by atoms with Gasteiger partial charge in [0.15, 0.2) is 0 Å². The molecule has 0 N–H and O–H groups in total. The van der Waals surface area contributed by atoms with Gasteiger partial charge in [0.25, 0.3) is 0 Å². The highest BCUT2D eigenvalue weighted by Gasteiger charge is 2.24. The topological polar surface area (TPSA) is 19.6 Å². The molecule has 0 bridgehead atoms. The van der Waals surface area contributed by atoms with Crippen LogP contribution >= 0.6 is 0 Å². The number of benzene rings is 13. The summed E-state index contributed by atoms with van der Waals surface area (Å²) in [6, 6.07) is 101. The van der Waals surface area contributed by atoms with Gasteiger partial charge in [0.05, 0.1) is 11.4 Å². The van der Waals surface area contributed by atoms with Crippen LogP contribution in [0.5, 0.6) is 0 Å².